The minimum Gasteiger partial charge on any atom is -0.366 e. The molecule has 0 saturated heterocycles. The predicted molar refractivity (Wildman–Crippen MR) is 63.9 cm³/mol. The largest absolute Gasteiger partial charge is 0.366 e. The molecule has 3 heteroatoms. The van der Waals surface area contributed by atoms with E-state index in [0.717, 1.165) is 17.4 Å². The Morgan fingerprint density at radius 3 is 2.40 bits per heavy atom. The lowest BCUT2D eigenvalue weighted by Gasteiger charge is -2.16. The maximum Gasteiger partial charge on any atom is 0.147 e. The SMILES string of the molecule is Cc1nccnc1NC(C)CCC(C)C. The van der Waals surface area contributed by atoms with Crippen molar-refractivity contribution in [3.63, 3.8) is 0 Å². The van der Waals surface area contributed by atoms with Crippen molar-refractivity contribution < 1.29 is 0 Å². The van der Waals surface area contributed by atoms with Crippen molar-refractivity contribution in [3.8, 4) is 0 Å². The Balaban J connectivity index is 2.44. The molecule has 1 aromatic rings. The van der Waals surface area contributed by atoms with Gasteiger partial charge in [-0.3, -0.25) is 4.98 Å². The molecule has 1 heterocycles. The fraction of sp³-hybridized carbons (Fsp3) is 0.667. The molecule has 0 aliphatic rings. The lowest BCUT2D eigenvalue weighted by Crippen LogP contribution is -2.17. The molecular formula is C12H21N3. The van der Waals surface area contributed by atoms with Gasteiger partial charge in [-0.15, -0.1) is 0 Å². The predicted octanol–water partition coefficient (Wildman–Crippen LogP) is 3.02. The lowest BCUT2D eigenvalue weighted by molar-refractivity contribution is 0.527. The Morgan fingerprint density at radius 1 is 1.13 bits per heavy atom. The zero-order valence-electron chi connectivity index (χ0n) is 10.1. The number of hydrogen-bond acceptors (Lipinski definition) is 3. The van der Waals surface area contributed by atoms with Crippen molar-refractivity contribution in [2.75, 3.05) is 5.32 Å². The Morgan fingerprint density at radius 2 is 1.80 bits per heavy atom. The van der Waals surface area contributed by atoms with Crippen LogP contribution in [0.5, 0.6) is 0 Å². The van der Waals surface area contributed by atoms with E-state index in [1.807, 2.05) is 6.92 Å². The number of aryl methyl sites for hydroxylation is 1. The average Bonchev–Trinajstić information content (AvgIpc) is 2.18. The van der Waals surface area contributed by atoms with Crippen molar-refractivity contribution in [3.05, 3.63) is 18.1 Å². The van der Waals surface area contributed by atoms with Crippen LogP contribution >= 0.6 is 0 Å². The van der Waals surface area contributed by atoms with E-state index < -0.39 is 0 Å². The molecule has 1 unspecified atom stereocenters. The quantitative estimate of drug-likeness (QED) is 0.806. The minimum absolute atomic E-state index is 0.461. The van der Waals surface area contributed by atoms with Crippen LogP contribution in [0.4, 0.5) is 5.82 Å². The number of nitrogens with one attached hydrogen (secondary N) is 1. The van der Waals surface area contributed by atoms with Crippen molar-refractivity contribution in [1.82, 2.24) is 9.97 Å². The molecule has 0 aliphatic carbocycles. The van der Waals surface area contributed by atoms with E-state index in [-0.39, 0.29) is 0 Å². The van der Waals surface area contributed by atoms with Gasteiger partial charge in [0, 0.05) is 18.4 Å². The van der Waals surface area contributed by atoms with Gasteiger partial charge in [0.2, 0.25) is 0 Å². The van der Waals surface area contributed by atoms with Crippen LogP contribution < -0.4 is 5.32 Å². The third kappa shape index (κ3) is 4.28. The van der Waals surface area contributed by atoms with Crippen molar-refractivity contribution >= 4 is 5.82 Å². The Labute approximate surface area is 92.3 Å². The van der Waals surface area contributed by atoms with Crippen LogP contribution in [0.3, 0.4) is 0 Å². The monoisotopic (exact) mass is 207 g/mol. The standard InChI is InChI=1S/C12H21N3/c1-9(2)5-6-10(3)15-12-11(4)13-7-8-14-12/h7-10H,5-6H2,1-4H3,(H,14,15). The van der Waals surface area contributed by atoms with Crippen LogP contribution in [0.25, 0.3) is 0 Å². The highest BCUT2D eigenvalue weighted by molar-refractivity contribution is 5.39. The first-order chi connectivity index (χ1) is 7.09. The van der Waals surface area contributed by atoms with Gasteiger partial charge in [0.1, 0.15) is 5.82 Å². The van der Waals surface area contributed by atoms with Gasteiger partial charge in [0.05, 0.1) is 5.69 Å². The average molecular weight is 207 g/mol. The van der Waals surface area contributed by atoms with E-state index in [4.69, 9.17) is 0 Å². The third-order valence-corrected chi connectivity index (χ3v) is 2.44. The van der Waals surface area contributed by atoms with E-state index in [0.29, 0.717) is 6.04 Å². The summed E-state index contributed by atoms with van der Waals surface area (Å²) in [5.74, 6) is 1.67. The Kier molecular flexibility index (Phi) is 4.53. The zero-order valence-corrected chi connectivity index (χ0v) is 10.1. The molecule has 0 saturated carbocycles. The van der Waals surface area contributed by atoms with E-state index >= 15 is 0 Å². The van der Waals surface area contributed by atoms with Gasteiger partial charge < -0.3 is 5.32 Å². The van der Waals surface area contributed by atoms with Gasteiger partial charge >= 0.3 is 0 Å². The normalized spacial score (nSPS) is 12.9. The highest BCUT2D eigenvalue weighted by atomic mass is 15.0. The molecule has 0 amide bonds. The lowest BCUT2D eigenvalue weighted by atomic mass is 10.0. The van der Waals surface area contributed by atoms with Gasteiger partial charge in [0.15, 0.2) is 0 Å². The topological polar surface area (TPSA) is 37.8 Å². The summed E-state index contributed by atoms with van der Waals surface area (Å²) in [7, 11) is 0. The van der Waals surface area contributed by atoms with Crippen LogP contribution in [0.15, 0.2) is 12.4 Å². The van der Waals surface area contributed by atoms with E-state index in [1.54, 1.807) is 12.4 Å². The van der Waals surface area contributed by atoms with Crippen LogP contribution in [0, 0.1) is 12.8 Å². The van der Waals surface area contributed by atoms with Crippen LogP contribution in [0.1, 0.15) is 39.3 Å². The summed E-state index contributed by atoms with van der Waals surface area (Å²) in [5, 5.41) is 3.39. The summed E-state index contributed by atoms with van der Waals surface area (Å²) in [4.78, 5) is 8.47. The third-order valence-electron chi connectivity index (χ3n) is 2.44. The first-order valence-corrected chi connectivity index (χ1v) is 5.63. The first kappa shape index (κ1) is 12.0. The van der Waals surface area contributed by atoms with Crippen LogP contribution in [-0.4, -0.2) is 16.0 Å². The maximum absolute atomic E-state index is 4.27. The molecule has 3 nitrogen and oxygen atoms in total. The molecule has 0 radical (unpaired) electrons. The minimum atomic E-state index is 0.461. The zero-order chi connectivity index (χ0) is 11.3. The number of rotatable bonds is 5. The second-order valence-electron chi connectivity index (χ2n) is 4.51. The molecular weight excluding hydrogens is 186 g/mol. The molecule has 15 heavy (non-hydrogen) atoms. The Hall–Kier alpha value is -1.12. The summed E-state index contributed by atoms with van der Waals surface area (Å²) in [5.41, 5.74) is 0.967. The van der Waals surface area contributed by atoms with Crippen LogP contribution in [-0.2, 0) is 0 Å². The summed E-state index contributed by atoms with van der Waals surface area (Å²) in [6, 6.07) is 0.461. The van der Waals surface area contributed by atoms with Gasteiger partial charge in [-0.05, 0) is 32.6 Å². The number of nitrogens with zero attached hydrogens (tertiary/aromatic N) is 2. The van der Waals surface area contributed by atoms with E-state index in [1.165, 1.54) is 12.8 Å². The Bertz CT molecular complexity index is 297. The summed E-state index contributed by atoms with van der Waals surface area (Å²) >= 11 is 0. The molecule has 1 aromatic heterocycles. The molecule has 0 aromatic carbocycles. The molecule has 1 N–H and O–H groups in total. The second-order valence-corrected chi connectivity index (χ2v) is 4.51. The summed E-state index contributed by atoms with van der Waals surface area (Å²) in [6.07, 6.45) is 5.87. The van der Waals surface area contributed by atoms with Gasteiger partial charge in [-0.2, -0.15) is 0 Å². The first-order valence-electron chi connectivity index (χ1n) is 5.63. The van der Waals surface area contributed by atoms with E-state index in [9.17, 15) is 0 Å². The fourth-order valence-electron chi connectivity index (χ4n) is 1.44. The van der Waals surface area contributed by atoms with Gasteiger partial charge in [-0.25, -0.2) is 4.98 Å². The van der Waals surface area contributed by atoms with Gasteiger partial charge in [0.25, 0.3) is 0 Å². The fourth-order valence-corrected chi connectivity index (χ4v) is 1.44. The molecule has 1 rings (SSSR count). The number of hydrogen-bond donors (Lipinski definition) is 1. The molecule has 84 valence electrons. The van der Waals surface area contributed by atoms with E-state index in [2.05, 4.69) is 36.1 Å². The summed E-state index contributed by atoms with van der Waals surface area (Å²) in [6.45, 7) is 8.67. The number of anilines is 1. The molecule has 0 fully saturated rings. The molecule has 0 spiro atoms. The molecule has 1 atom stereocenters. The summed E-state index contributed by atoms with van der Waals surface area (Å²) < 4.78 is 0. The van der Waals surface area contributed by atoms with Crippen molar-refractivity contribution in [2.45, 2.75) is 46.6 Å². The second kappa shape index (κ2) is 5.69. The highest BCUT2D eigenvalue weighted by Crippen LogP contribution is 2.12. The van der Waals surface area contributed by atoms with Gasteiger partial charge in [-0.1, -0.05) is 13.8 Å². The van der Waals surface area contributed by atoms with Crippen LogP contribution in [0.2, 0.25) is 0 Å². The molecule has 0 bridgehead atoms. The highest BCUT2D eigenvalue weighted by Gasteiger charge is 2.06. The van der Waals surface area contributed by atoms with Crippen molar-refractivity contribution in [2.24, 2.45) is 5.92 Å². The maximum atomic E-state index is 4.27. The number of aromatic nitrogens is 2. The molecule has 0 aliphatic heterocycles. The smallest absolute Gasteiger partial charge is 0.147 e. The van der Waals surface area contributed by atoms with Crippen molar-refractivity contribution in [1.29, 1.82) is 0 Å².